The Bertz CT molecular complexity index is 485. The van der Waals surface area contributed by atoms with Crippen molar-refractivity contribution < 1.29 is 4.79 Å². The number of nitrogens with zero attached hydrogens (tertiary/aromatic N) is 1. The van der Waals surface area contributed by atoms with Crippen molar-refractivity contribution in [1.29, 1.82) is 0 Å². The molecule has 0 saturated carbocycles. The topological polar surface area (TPSA) is 58.4 Å². The van der Waals surface area contributed by atoms with Crippen molar-refractivity contribution in [3.8, 4) is 0 Å². The molecule has 0 aliphatic carbocycles. The first kappa shape index (κ1) is 16.0. The van der Waals surface area contributed by atoms with Crippen LogP contribution in [-0.2, 0) is 4.79 Å². The van der Waals surface area contributed by atoms with E-state index in [2.05, 4.69) is 23.2 Å². The molecule has 1 aliphatic rings. The number of piperidine rings is 1. The van der Waals surface area contributed by atoms with Crippen molar-refractivity contribution in [2.75, 3.05) is 25.0 Å². The highest BCUT2D eigenvalue weighted by Gasteiger charge is 2.23. The maximum Gasteiger partial charge on any atom is 0.238 e. The number of aryl methyl sites for hydroxylation is 1. The van der Waals surface area contributed by atoms with E-state index in [1.165, 1.54) is 18.4 Å². The number of nitrogens with two attached hydrogens (primary N) is 1. The molecule has 1 atom stereocenters. The van der Waals surface area contributed by atoms with E-state index < -0.39 is 0 Å². The van der Waals surface area contributed by atoms with Crippen LogP contribution in [0.15, 0.2) is 18.2 Å². The second-order valence-electron chi connectivity index (χ2n) is 5.99. The number of carbonyl (C=O) groups is 1. The van der Waals surface area contributed by atoms with Gasteiger partial charge in [-0.1, -0.05) is 18.6 Å². The van der Waals surface area contributed by atoms with Gasteiger partial charge in [-0.05, 0) is 63.4 Å². The van der Waals surface area contributed by atoms with Gasteiger partial charge in [0, 0.05) is 11.7 Å². The smallest absolute Gasteiger partial charge is 0.238 e. The van der Waals surface area contributed by atoms with Crippen LogP contribution in [0.4, 0.5) is 5.69 Å². The summed E-state index contributed by atoms with van der Waals surface area (Å²) in [6.45, 7) is 6.28. The van der Waals surface area contributed by atoms with E-state index in [9.17, 15) is 4.79 Å². The van der Waals surface area contributed by atoms with Gasteiger partial charge in [-0.15, -0.1) is 0 Å². The summed E-state index contributed by atoms with van der Waals surface area (Å²) in [6.07, 6.45) is 4.57. The number of rotatable bonds is 5. The van der Waals surface area contributed by atoms with Crippen LogP contribution in [0, 0.1) is 13.8 Å². The van der Waals surface area contributed by atoms with Gasteiger partial charge in [0.1, 0.15) is 0 Å². The molecule has 4 nitrogen and oxygen atoms in total. The maximum atomic E-state index is 12.3. The third-order valence-corrected chi connectivity index (χ3v) is 4.47. The Kier molecular flexibility index (Phi) is 5.76. The van der Waals surface area contributed by atoms with Gasteiger partial charge >= 0.3 is 0 Å². The predicted octanol–water partition coefficient (Wildman–Crippen LogP) is 2.45. The normalized spacial score (nSPS) is 19.5. The molecule has 1 aromatic rings. The second kappa shape index (κ2) is 7.57. The summed E-state index contributed by atoms with van der Waals surface area (Å²) in [6, 6.07) is 6.48. The summed E-state index contributed by atoms with van der Waals surface area (Å²) in [4.78, 5) is 14.6. The Hall–Kier alpha value is -1.39. The van der Waals surface area contributed by atoms with Crippen LogP contribution in [0.1, 0.15) is 36.8 Å². The third kappa shape index (κ3) is 4.29. The zero-order chi connectivity index (χ0) is 15.2. The minimum atomic E-state index is 0.0765. The zero-order valence-corrected chi connectivity index (χ0v) is 13.2. The number of anilines is 1. The molecule has 3 N–H and O–H groups in total. The van der Waals surface area contributed by atoms with Crippen molar-refractivity contribution in [1.82, 2.24) is 4.90 Å². The third-order valence-electron chi connectivity index (χ3n) is 4.47. The second-order valence-corrected chi connectivity index (χ2v) is 5.99. The number of hydrogen-bond acceptors (Lipinski definition) is 3. The number of likely N-dealkylation sites (tertiary alicyclic amines) is 1. The summed E-state index contributed by atoms with van der Waals surface area (Å²) in [5, 5.41) is 3.05. The molecule has 1 amide bonds. The molecule has 0 radical (unpaired) electrons. The number of hydrogen-bond donors (Lipinski definition) is 2. The van der Waals surface area contributed by atoms with Crippen molar-refractivity contribution >= 4 is 11.6 Å². The monoisotopic (exact) mass is 289 g/mol. The average Bonchev–Trinajstić information content (AvgIpc) is 2.46. The van der Waals surface area contributed by atoms with E-state index in [-0.39, 0.29) is 5.91 Å². The van der Waals surface area contributed by atoms with Gasteiger partial charge in [0.25, 0.3) is 0 Å². The molecule has 1 aromatic carbocycles. The summed E-state index contributed by atoms with van der Waals surface area (Å²) in [5.74, 6) is 0.0765. The zero-order valence-electron chi connectivity index (χ0n) is 13.2. The fraction of sp³-hybridized carbons (Fsp3) is 0.588. The Morgan fingerprint density at radius 2 is 2.19 bits per heavy atom. The molecule has 21 heavy (non-hydrogen) atoms. The average molecular weight is 289 g/mol. The highest BCUT2D eigenvalue weighted by atomic mass is 16.2. The summed E-state index contributed by atoms with van der Waals surface area (Å²) in [5.41, 5.74) is 8.95. The van der Waals surface area contributed by atoms with Crippen molar-refractivity contribution in [2.45, 2.75) is 45.6 Å². The Morgan fingerprint density at radius 1 is 1.38 bits per heavy atom. The number of nitrogens with one attached hydrogen (secondary N) is 1. The molecule has 0 spiro atoms. The van der Waals surface area contributed by atoms with Crippen LogP contribution in [0.5, 0.6) is 0 Å². The maximum absolute atomic E-state index is 12.3. The quantitative estimate of drug-likeness (QED) is 0.875. The Balaban J connectivity index is 1.95. The van der Waals surface area contributed by atoms with Crippen LogP contribution in [0.2, 0.25) is 0 Å². The van der Waals surface area contributed by atoms with Gasteiger partial charge in [-0.3, -0.25) is 9.69 Å². The van der Waals surface area contributed by atoms with E-state index >= 15 is 0 Å². The lowest BCUT2D eigenvalue weighted by molar-refractivity contribution is -0.118. The minimum absolute atomic E-state index is 0.0765. The van der Waals surface area contributed by atoms with E-state index in [0.717, 1.165) is 30.6 Å². The van der Waals surface area contributed by atoms with Gasteiger partial charge in [0.15, 0.2) is 0 Å². The molecule has 4 heteroatoms. The number of benzene rings is 1. The van der Waals surface area contributed by atoms with E-state index in [1.54, 1.807) is 0 Å². The Morgan fingerprint density at radius 3 is 2.95 bits per heavy atom. The minimum Gasteiger partial charge on any atom is -0.330 e. The van der Waals surface area contributed by atoms with Gasteiger partial charge in [-0.25, -0.2) is 0 Å². The van der Waals surface area contributed by atoms with Crippen molar-refractivity contribution in [3.05, 3.63) is 29.3 Å². The molecular formula is C17H27N3O. The lowest BCUT2D eigenvalue weighted by atomic mass is 9.99. The lowest BCUT2D eigenvalue weighted by Gasteiger charge is -2.35. The predicted molar refractivity (Wildman–Crippen MR) is 87.4 cm³/mol. The molecule has 1 unspecified atom stereocenters. The molecule has 1 aliphatic heterocycles. The molecule has 1 heterocycles. The fourth-order valence-corrected chi connectivity index (χ4v) is 3.05. The molecule has 1 fully saturated rings. The highest BCUT2D eigenvalue weighted by molar-refractivity contribution is 5.93. The van der Waals surface area contributed by atoms with Crippen molar-refractivity contribution in [2.24, 2.45) is 5.73 Å². The molecular weight excluding hydrogens is 262 g/mol. The number of carbonyl (C=O) groups excluding carboxylic acids is 1. The van der Waals surface area contributed by atoms with E-state index in [1.807, 2.05) is 19.1 Å². The summed E-state index contributed by atoms with van der Waals surface area (Å²) in [7, 11) is 0. The van der Waals surface area contributed by atoms with Crippen LogP contribution in [-0.4, -0.2) is 36.5 Å². The molecule has 2 rings (SSSR count). The molecule has 116 valence electrons. The number of amides is 1. The van der Waals surface area contributed by atoms with Crippen LogP contribution >= 0.6 is 0 Å². The lowest BCUT2D eigenvalue weighted by Crippen LogP contribution is -2.44. The van der Waals surface area contributed by atoms with Crippen LogP contribution in [0.3, 0.4) is 0 Å². The Labute approximate surface area is 127 Å². The molecule has 0 bridgehead atoms. The molecule has 0 aromatic heterocycles. The first-order valence-corrected chi connectivity index (χ1v) is 7.92. The van der Waals surface area contributed by atoms with Crippen LogP contribution < -0.4 is 11.1 Å². The van der Waals surface area contributed by atoms with Gasteiger partial charge < -0.3 is 11.1 Å². The van der Waals surface area contributed by atoms with E-state index in [0.29, 0.717) is 19.1 Å². The van der Waals surface area contributed by atoms with Crippen molar-refractivity contribution in [3.63, 3.8) is 0 Å². The van der Waals surface area contributed by atoms with Crippen LogP contribution in [0.25, 0.3) is 0 Å². The SMILES string of the molecule is Cc1cccc(NC(=O)CN2CCCCC2CCN)c1C. The fourth-order valence-electron chi connectivity index (χ4n) is 3.05. The first-order chi connectivity index (χ1) is 10.1. The summed E-state index contributed by atoms with van der Waals surface area (Å²) >= 11 is 0. The van der Waals surface area contributed by atoms with E-state index in [4.69, 9.17) is 5.73 Å². The summed E-state index contributed by atoms with van der Waals surface area (Å²) < 4.78 is 0. The van der Waals surface area contributed by atoms with Gasteiger partial charge in [0.05, 0.1) is 6.54 Å². The van der Waals surface area contributed by atoms with Gasteiger partial charge in [0.2, 0.25) is 5.91 Å². The first-order valence-electron chi connectivity index (χ1n) is 7.92. The highest BCUT2D eigenvalue weighted by Crippen LogP contribution is 2.20. The van der Waals surface area contributed by atoms with Gasteiger partial charge in [-0.2, -0.15) is 0 Å². The largest absolute Gasteiger partial charge is 0.330 e. The molecule has 1 saturated heterocycles. The standard InChI is InChI=1S/C17H27N3O/c1-13-6-5-8-16(14(13)2)19-17(21)12-20-11-4-3-7-15(20)9-10-18/h5-6,8,15H,3-4,7,9-12,18H2,1-2H3,(H,19,21).